The van der Waals surface area contributed by atoms with Gasteiger partial charge in [0.15, 0.2) is 10.9 Å². The highest BCUT2D eigenvalue weighted by molar-refractivity contribution is 7.99. The molecule has 0 bridgehead atoms. The van der Waals surface area contributed by atoms with Crippen LogP contribution in [0.1, 0.15) is 34.0 Å². The van der Waals surface area contributed by atoms with E-state index in [0.29, 0.717) is 21.6 Å². The van der Waals surface area contributed by atoms with Crippen molar-refractivity contribution in [3.05, 3.63) is 99.5 Å². The summed E-state index contributed by atoms with van der Waals surface area (Å²) in [5, 5.41) is 2.00. The zero-order chi connectivity index (χ0) is 23.8. The number of rotatable bonds is 6. The SMILES string of the molecule is CCc1cccc2c(C(=O)CSc3nc4ccccc4c(=O)n3-c3ccc(C)cc3C)c[nH]c12. The van der Waals surface area contributed by atoms with Crippen LogP contribution in [0.3, 0.4) is 0 Å². The normalized spacial score (nSPS) is 11.4. The molecule has 1 N–H and O–H groups in total. The number of aromatic nitrogens is 3. The van der Waals surface area contributed by atoms with Gasteiger partial charge in [-0.15, -0.1) is 0 Å². The number of carbonyl (C=O) groups is 1. The summed E-state index contributed by atoms with van der Waals surface area (Å²) in [6.07, 6.45) is 2.68. The fourth-order valence-corrected chi connectivity index (χ4v) is 5.32. The van der Waals surface area contributed by atoms with Gasteiger partial charge in [0.25, 0.3) is 5.56 Å². The Morgan fingerprint density at radius 1 is 1.03 bits per heavy atom. The highest BCUT2D eigenvalue weighted by Gasteiger charge is 2.18. The Hall–Kier alpha value is -3.64. The molecule has 2 heterocycles. The van der Waals surface area contributed by atoms with Gasteiger partial charge in [-0.1, -0.05) is 66.7 Å². The van der Waals surface area contributed by atoms with Gasteiger partial charge in [-0.3, -0.25) is 14.2 Å². The molecule has 0 saturated heterocycles. The lowest BCUT2D eigenvalue weighted by Gasteiger charge is -2.15. The third-order valence-electron chi connectivity index (χ3n) is 6.15. The molecule has 0 saturated carbocycles. The Kier molecular flexibility index (Phi) is 5.84. The van der Waals surface area contributed by atoms with Gasteiger partial charge in [0, 0.05) is 22.7 Å². The second kappa shape index (κ2) is 8.95. The van der Waals surface area contributed by atoms with Crippen LogP contribution in [-0.4, -0.2) is 26.1 Å². The summed E-state index contributed by atoms with van der Waals surface area (Å²) >= 11 is 1.30. The molecule has 34 heavy (non-hydrogen) atoms. The predicted molar refractivity (Wildman–Crippen MR) is 140 cm³/mol. The fourth-order valence-electron chi connectivity index (χ4n) is 4.43. The second-order valence-corrected chi connectivity index (χ2v) is 9.39. The number of hydrogen-bond donors (Lipinski definition) is 1. The molecule has 5 aromatic rings. The Labute approximate surface area is 201 Å². The van der Waals surface area contributed by atoms with Crippen molar-refractivity contribution in [3.8, 4) is 5.69 Å². The molecular weight excluding hydrogens is 442 g/mol. The smallest absolute Gasteiger partial charge is 0.266 e. The molecule has 0 atom stereocenters. The molecule has 5 rings (SSSR count). The number of nitrogens with zero attached hydrogens (tertiary/aromatic N) is 2. The molecule has 0 aliphatic rings. The highest BCUT2D eigenvalue weighted by atomic mass is 32.2. The Morgan fingerprint density at radius 3 is 2.62 bits per heavy atom. The standard InChI is InChI=1S/C28H25N3O2S/c1-4-19-8-7-10-20-22(15-29-26(19)20)25(32)16-34-28-30-23-11-6-5-9-21(23)27(33)31(28)24-13-12-17(2)14-18(24)3/h5-15,29H,4,16H2,1-3H3. The monoisotopic (exact) mass is 467 g/mol. The zero-order valence-corrected chi connectivity index (χ0v) is 20.2. The predicted octanol–water partition coefficient (Wildman–Crippen LogP) is 6.02. The summed E-state index contributed by atoms with van der Waals surface area (Å²) in [5.74, 6) is 0.179. The van der Waals surface area contributed by atoms with Crippen molar-refractivity contribution in [3.63, 3.8) is 0 Å². The summed E-state index contributed by atoms with van der Waals surface area (Å²) in [6, 6.07) is 19.4. The van der Waals surface area contributed by atoms with E-state index in [2.05, 4.69) is 18.0 Å². The van der Waals surface area contributed by atoms with Crippen molar-refractivity contribution >= 4 is 39.4 Å². The average molecular weight is 468 g/mol. The van der Waals surface area contributed by atoms with Crippen LogP contribution in [0.15, 0.2) is 76.8 Å². The molecule has 0 radical (unpaired) electrons. The summed E-state index contributed by atoms with van der Waals surface area (Å²) in [4.78, 5) is 34.8. The van der Waals surface area contributed by atoms with E-state index in [0.717, 1.165) is 34.1 Å². The molecule has 5 nitrogen and oxygen atoms in total. The number of benzene rings is 3. The van der Waals surface area contributed by atoms with E-state index in [1.807, 2.05) is 62.4 Å². The van der Waals surface area contributed by atoms with Gasteiger partial charge in [0.05, 0.1) is 22.3 Å². The first kappa shape index (κ1) is 22.2. The second-order valence-electron chi connectivity index (χ2n) is 8.45. The van der Waals surface area contributed by atoms with Crippen LogP contribution < -0.4 is 5.56 Å². The summed E-state index contributed by atoms with van der Waals surface area (Å²) in [5.41, 5.74) is 6.24. The van der Waals surface area contributed by atoms with Gasteiger partial charge >= 0.3 is 0 Å². The van der Waals surface area contributed by atoms with Crippen LogP contribution in [0.25, 0.3) is 27.5 Å². The first-order chi connectivity index (χ1) is 16.5. The number of fused-ring (bicyclic) bond motifs is 2. The molecule has 3 aromatic carbocycles. The van der Waals surface area contributed by atoms with Crippen LogP contribution in [0, 0.1) is 13.8 Å². The van der Waals surface area contributed by atoms with Gasteiger partial charge < -0.3 is 4.98 Å². The Balaban J connectivity index is 1.56. The molecule has 0 aliphatic heterocycles. The summed E-state index contributed by atoms with van der Waals surface area (Å²) in [7, 11) is 0. The van der Waals surface area contributed by atoms with Gasteiger partial charge in [-0.05, 0) is 49.6 Å². The largest absolute Gasteiger partial charge is 0.360 e. The number of hydrogen-bond acceptors (Lipinski definition) is 4. The molecule has 0 aliphatic carbocycles. The lowest BCUT2D eigenvalue weighted by molar-refractivity contribution is 0.102. The Morgan fingerprint density at radius 2 is 1.82 bits per heavy atom. The quantitative estimate of drug-likeness (QED) is 0.188. The molecule has 0 unspecified atom stereocenters. The van der Waals surface area contributed by atoms with Crippen molar-refractivity contribution in [2.24, 2.45) is 0 Å². The van der Waals surface area contributed by atoms with Crippen molar-refractivity contribution < 1.29 is 4.79 Å². The van der Waals surface area contributed by atoms with Crippen molar-refractivity contribution in [1.82, 2.24) is 14.5 Å². The topological polar surface area (TPSA) is 67.8 Å². The van der Waals surface area contributed by atoms with Crippen LogP contribution in [-0.2, 0) is 6.42 Å². The van der Waals surface area contributed by atoms with Gasteiger partial charge in [0.1, 0.15) is 0 Å². The maximum absolute atomic E-state index is 13.5. The minimum atomic E-state index is -0.132. The maximum atomic E-state index is 13.5. The lowest BCUT2D eigenvalue weighted by atomic mass is 10.1. The van der Waals surface area contributed by atoms with E-state index in [-0.39, 0.29) is 17.1 Å². The van der Waals surface area contributed by atoms with E-state index >= 15 is 0 Å². The number of thioether (sulfide) groups is 1. The molecule has 0 fully saturated rings. The lowest BCUT2D eigenvalue weighted by Crippen LogP contribution is -2.23. The first-order valence-electron chi connectivity index (χ1n) is 11.3. The van der Waals surface area contributed by atoms with Gasteiger partial charge in [0.2, 0.25) is 0 Å². The fraction of sp³-hybridized carbons (Fsp3) is 0.179. The molecular formula is C28H25N3O2S. The van der Waals surface area contributed by atoms with Gasteiger partial charge in [-0.25, -0.2) is 4.98 Å². The minimum Gasteiger partial charge on any atom is -0.360 e. The number of para-hydroxylation sites is 2. The van der Waals surface area contributed by atoms with Crippen molar-refractivity contribution in [2.45, 2.75) is 32.3 Å². The third kappa shape index (κ3) is 3.84. The van der Waals surface area contributed by atoms with E-state index < -0.39 is 0 Å². The maximum Gasteiger partial charge on any atom is 0.266 e. The first-order valence-corrected chi connectivity index (χ1v) is 12.3. The van der Waals surface area contributed by atoms with Crippen molar-refractivity contribution in [2.75, 3.05) is 5.75 Å². The van der Waals surface area contributed by atoms with Crippen molar-refractivity contribution in [1.29, 1.82) is 0 Å². The number of Topliss-reactive ketones (excluding diaryl/α,β-unsaturated/α-hetero) is 1. The molecule has 2 aromatic heterocycles. The highest BCUT2D eigenvalue weighted by Crippen LogP contribution is 2.27. The summed E-state index contributed by atoms with van der Waals surface area (Å²) < 4.78 is 1.64. The third-order valence-corrected chi connectivity index (χ3v) is 7.09. The van der Waals surface area contributed by atoms with Gasteiger partial charge in [-0.2, -0.15) is 0 Å². The van der Waals surface area contributed by atoms with E-state index in [9.17, 15) is 9.59 Å². The number of carbonyl (C=O) groups excluding carboxylic acids is 1. The number of aromatic amines is 1. The number of H-pyrrole nitrogens is 1. The van der Waals surface area contributed by atoms with Crippen LogP contribution in [0.5, 0.6) is 0 Å². The van der Waals surface area contributed by atoms with Crippen LogP contribution in [0.4, 0.5) is 0 Å². The van der Waals surface area contributed by atoms with Crippen LogP contribution >= 0.6 is 11.8 Å². The summed E-state index contributed by atoms with van der Waals surface area (Å²) in [6.45, 7) is 6.11. The molecule has 6 heteroatoms. The molecule has 0 amide bonds. The Bertz CT molecular complexity index is 1610. The molecule has 0 spiro atoms. The average Bonchev–Trinajstić information content (AvgIpc) is 3.28. The van der Waals surface area contributed by atoms with Crippen LogP contribution in [0.2, 0.25) is 0 Å². The zero-order valence-electron chi connectivity index (χ0n) is 19.4. The van der Waals surface area contributed by atoms with E-state index in [1.54, 1.807) is 16.8 Å². The van der Waals surface area contributed by atoms with E-state index in [1.165, 1.54) is 17.3 Å². The molecule has 170 valence electrons. The number of nitrogens with one attached hydrogen (secondary N) is 1. The number of ketones is 1. The number of aryl methyl sites for hydroxylation is 3. The minimum absolute atomic E-state index is 0.000844. The van der Waals surface area contributed by atoms with E-state index in [4.69, 9.17) is 4.98 Å².